The van der Waals surface area contributed by atoms with Crippen molar-refractivity contribution in [3.8, 4) is 5.75 Å². The molecule has 6 heteroatoms. The molecule has 1 N–H and O–H groups in total. The molecule has 0 saturated carbocycles. The second-order valence-corrected chi connectivity index (χ2v) is 5.20. The van der Waals surface area contributed by atoms with Crippen LogP contribution >= 0.6 is 11.6 Å². The summed E-state index contributed by atoms with van der Waals surface area (Å²) in [6.07, 6.45) is 0. The number of amides is 1. The van der Waals surface area contributed by atoms with Gasteiger partial charge in [-0.15, -0.1) is 0 Å². The minimum absolute atomic E-state index is 0.177. The molecule has 116 valence electrons. The normalized spacial score (nSPS) is 11.1. The molecule has 3 nitrogen and oxygen atoms in total. The molecule has 22 heavy (non-hydrogen) atoms. The van der Waals surface area contributed by atoms with Gasteiger partial charge in [-0.1, -0.05) is 23.7 Å². The van der Waals surface area contributed by atoms with Crippen LogP contribution in [0.5, 0.6) is 5.75 Å². The first-order valence-electron chi connectivity index (χ1n) is 6.44. The third kappa shape index (κ3) is 3.74. The highest BCUT2D eigenvalue weighted by molar-refractivity contribution is 6.31. The van der Waals surface area contributed by atoms with E-state index in [0.29, 0.717) is 10.8 Å². The van der Waals surface area contributed by atoms with Gasteiger partial charge in [-0.05, 0) is 30.3 Å². The van der Waals surface area contributed by atoms with E-state index in [1.807, 2.05) is 0 Å². The molecule has 0 fully saturated rings. The van der Waals surface area contributed by atoms with Crippen LogP contribution in [0.4, 0.5) is 14.5 Å². The molecule has 2 aromatic rings. The van der Waals surface area contributed by atoms with Gasteiger partial charge in [0.15, 0.2) is 0 Å². The molecule has 0 aliphatic rings. The first kappa shape index (κ1) is 16.2. The summed E-state index contributed by atoms with van der Waals surface area (Å²) in [7, 11) is 1.43. The van der Waals surface area contributed by atoms with Crippen molar-refractivity contribution in [2.75, 3.05) is 12.4 Å². The van der Waals surface area contributed by atoms with Crippen LogP contribution in [0.3, 0.4) is 0 Å². The van der Waals surface area contributed by atoms with Crippen LogP contribution in [0.1, 0.15) is 22.8 Å². The largest absolute Gasteiger partial charge is 0.496 e. The number of halogens is 3. The maximum absolute atomic E-state index is 13.3. The van der Waals surface area contributed by atoms with E-state index in [1.54, 1.807) is 12.1 Å². The Morgan fingerprint density at radius 1 is 1.23 bits per heavy atom. The minimum atomic E-state index is -2.98. The van der Waals surface area contributed by atoms with Crippen molar-refractivity contribution in [2.45, 2.75) is 12.8 Å². The molecule has 0 heterocycles. The van der Waals surface area contributed by atoms with Crippen LogP contribution in [0.2, 0.25) is 5.02 Å². The summed E-state index contributed by atoms with van der Waals surface area (Å²) < 4.78 is 31.7. The summed E-state index contributed by atoms with van der Waals surface area (Å²) in [6, 6.07) is 10.1. The number of ether oxygens (including phenoxy) is 1. The number of benzene rings is 2. The zero-order valence-electron chi connectivity index (χ0n) is 12.0. The fraction of sp³-hybridized carbons (Fsp3) is 0.188. The minimum Gasteiger partial charge on any atom is -0.496 e. The number of hydrogen-bond acceptors (Lipinski definition) is 2. The van der Waals surface area contributed by atoms with E-state index in [-0.39, 0.29) is 16.8 Å². The lowest BCUT2D eigenvalue weighted by Gasteiger charge is -2.13. The van der Waals surface area contributed by atoms with Gasteiger partial charge in [0.05, 0.1) is 12.7 Å². The van der Waals surface area contributed by atoms with Crippen molar-refractivity contribution in [1.82, 2.24) is 0 Å². The number of alkyl halides is 2. The van der Waals surface area contributed by atoms with Crippen molar-refractivity contribution in [3.05, 3.63) is 58.6 Å². The first-order chi connectivity index (χ1) is 10.3. The van der Waals surface area contributed by atoms with Gasteiger partial charge in [0.25, 0.3) is 11.8 Å². The molecule has 1 amide bonds. The number of methoxy groups -OCH3 is 1. The third-order valence-corrected chi connectivity index (χ3v) is 3.27. The van der Waals surface area contributed by atoms with Gasteiger partial charge in [-0.3, -0.25) is 4.79 Å². The maximum Gasteiger partial charge on any atom is 0.270 e. The molecule has 0 atom stereocenters. The lowest BCUT2D eigenvalue weighted by Crippen LogP contribution is -2.14. The Hall–Kier alpha value is -2.14. The number of carbonyl (C=O) groups is 1. The third-order valence-electron chi connectivity index (χ3n) is 3.03. The molecular weight excluding hydrogens is 312 g/mol. The second-order valence-electron chi connectivity index (χ2n) is 4.77. The Bertz CT molecular complexity index is 699. The number of hydrogen-bond donors (Lipinski definition) is 1. The molecule has 0 saturated heterocycles. The van der Waals surface area contributed by atoms with Crippen LogP contribution in [-0.2, 0) is 5.92 Å². The zero-order valence-corrected chi connectivity index (χ0v) is 12.7. The van der Waals surface area contributed by atoms with Crippen molar-refractivity contribution in [2.24, 2.45) is 0 Å². The van der Waals surface area contributed by atoms with Gasteiger partial charge >= 0.3 is 0 Å². The molecule has 0 spiro atoms. The number of nitrogens with one attached hydrogen (secondary N) is 1. The van der Waals surface area contributed by atoms with Gasteiger partial charge in [-0.25, -0.2) is 8.78 Å². The molecule has 0 aromatic heterocycles. The highest BCUT2D eigenvalue weighted by Gasteiger charge is 2.24. The van der Waals surface area contributed by atoms with E-state index in [9.17, 15) is 13.6 Å². The highest BCUT2D eigenvalue weighted by atomic mass is 35.5. The quantitative estimate of drug-likeness (QED) is 0.884. The van der Waals surface area contributed by atoms with Crippen LogP contribution in [0.25, 0.3) is 0 Å². The second kappa shape index (κ2) is 6.32. The van der Waals surface area contributed by atoms with Gasteiger partial charge < -0.3 is 10.1 Å². The van der Waals surface area contributed by atoms with E-state index in [4.69, 9.17) is 16.3 Å². The Morgan fingerprint density at radius 2 is 1.95 bits per heavy atom. The smallest absolute Gasteiger partial charge is 0.270 e. The molecule has 0 unspecified atom stereocenters. The molecule has 2 aromatic carbocycles. The predicted molar refractivity (Wildman–Crippen MR) is 82.0 cm³/mol. The standard InChI is InChI=1S/C16H14ClF2NO2/c1-16(18,19)10-4-3-5-12(8-10)20-15(21)13-9-11(17)6-7-14(13)22-2/h3-9H,1-2H3,(H,20,21). The van der Waals surface area contributed by atoms with Crippen LogP contribution < -0.4 is 10.1 Å². The van der Waals surface area contributed by atoms with E-state index in [2.05, 4.69) is 5.32 Å². The SMILES string of the molecule is COc1ccc(Cl)cc1C(=O)Nc1cccc(C(C)(F)F)c1. The number of rotatable bonds is 4. The zero-order chi connectivity index (χ0) is 16.3. The van der Waals surface area contributed by atoms with Gasteiger partial charge in [-0.2, -0.15) is 0 Å². The predicted octanol–water partition coefficient (Wildman–Crippen LogP) is 4.71. The van der Waals surface area contributed by atoms with Crippen LogP contribution in [0.15, 0.2) is 42.5 Å². The van der Waals surface area contributed by atoms with Crippen molar-refractivity contribution < 1.29 is 18.3 Å². The van der Waals surface area contributed by atoms with Crippen LogP contribution in [0, 0.1) is 0 Å². The Kier molecular flexibility index (Phi) is 4.66. The summed E-state index contributed by atoms with van der Waals surface area (Å²) in [5, 5.41) is 2.94. The van der Waals surface area contributed by atoms with E-state index < -0.39 is 11.8 Å². The van der Waals surface area contributed by atoms with Crippen molar-refractivity contribution in [3.63, 3.8) is 0 Å². The van der Waals surface area contributed by atoms with Gasteiger partial charge in [0.1, 0.15) is 5.75 Å². The highest BCUT2D eigenvalue weighted by Crippen LogP contribution is 2.29. The summed E-state index contributed by atoms with van der Waals surface area (Å²) in [5.74, 6) is -3.12. The lowest BCUT2D eigenvalue weighted by molar-refractivity contribution is 0.0175. The fourth-order valence-electron chi connectivity index (χ4n) is 1.93. The monoisotopic (exact) mass is 325 g/mol. The molecular formula is C16H14ClF2NO2. The average molecular weight is 326 g/mol. The average Bonchev–Trinajstić information content (AvgIpc) is 2.46. The van der Waals surface area contributed by atoms with Gasteiger partial charge in [0.2, 0.25) is 0 Å². The maximum atomic E-state index is 13.3. The van der Waals surface area contributed by atoms with Crippen LogP contribution in [-0.4, -0.2) is 13.0 Å². The summed E-state index contributed by atoms with van der Waals surface area (Å²) in [4.78, 5) is 12.3. The van der Waals surface area contributed by atoms with E-state index in [0.717, 1.165) is 6.92 Å². The number of carbonyl (C=O) groups excluding carboxylic acids is 1. The molecule has 2 rings (SSSR count). The topological polar surface area (TPSA) is 38.3 Å². The fourth-order valence-corrected chi connectivity index (χ4v) is 2.10. The Balaban J connectivity index is 2.28. The summed E-state index contributed by atoms with van der Waals surface area (Å²) >= 11 is 5.87. The summed E-state index contributed by atoms with van der Waals surface area (Å²) in [5.41, 5.74) is 0.318. The first-order valence-corrected chi connectivity index (χ1v) is 6.82. The Morgan fingerprint density at radius 3 is 2.59 bits per heavy atom. The number of anilines is 1. The van der Waals surface area contributed by atoms with Crippen molar-refractivity contribution >= 4 is 23.2 Å². The van der Waals surface area contributed by atoms with E-state index in [1.165, 1.54) is 37.4 Å². The van der Waals surface area contributed by atoms with Gasteiger partial charge in [0, 0.05) is 23.2 Å². The summed E-state index contributed by atoms with van der Waals surface area (Å²) in [6.45, 7) is 0.800. The molecule has 0 bridgehead atoms. The van der Waals surface area contributed by atoms with E-state index >= 15 is 0 Å². The molecule has 0 radical (unpaired) electrons. The molecule has 0 aliphatic carbocycles. The lowest BCUT2D eigenvalue weighted by atomic mass is 10.1. The Labute approximate surface area is 131 Å². The molecule has 0 aliphatic heterocycles. The van der Waals surface area contributed by atoms with Crippen molar-refractivity contribution in [1.29, 1.82) is 0 Å².